The van der Waals surface area contributed by atoms with Crippen LogP contribution in [-0.2, 0) is 7.05 Å². The number of hydrogen-bond acceptors (Lipinski definition) is 3. The molecule has 1 heterocycles. The minimum Gasteiger partial charge on any atom is -0.423 e. The predicted octanol–water partition coefficient (Wildman–Crippen LogP) is -0.747. The van der Waals surface area contributed by atoms with Gasteiger partial charge in [0.1, 0.15) is 0 Å². The van der Waals surface area contributed by atoms with Gasteiger partial charge in [-0.05, 0) is 17.6 Å². The third-order valence-corrected chi connectivity index (χ3v) is 2.05. The van der Waals surface area contributed by atoms with E-state index in [-0.39, 0.29) is 0 Å². The summed E-state index contributed by atoms with van der Waals surface area (Å²) >= 11 is 0. The van der Waals surface area contributed by atoms with Gasteiger partial charge in [0.2, 0.25) is 0 Å². The molecule has 1 aromatic carbocycles. The maximum Gasteiger partial charge on any atom is 0.488 e. The van der Waals surface area contributed by atoms with E-state index in [9.17, 15) is 0 Å². The van der Waals surface area contributed by atoms with Crippen molar-refractivity contribution < 1.29 is 10.0 Å². The Kier molecular flexibility index (Phi) is 1.83. The van der Waals surface area contributed by atoms with Gasteiger partial charge >= 0.3 is 7.12 Å². The van der Waals surface area contributed by atoms with Gasteiger partial charge in [-0.2, -0.15) is 0 Å². The normalized spacial score (nSPS) is 10.7. The van der Waals surface area contributed by atoms with E-state index in [1.165, 1.54) is 0 Å². The molecule has 13 heavy (non-hydrogen) atoms. The molecular formula is C8H9BN2O2. The lowest BCUT2D eigenvalue weighted by molar-refractivity contribution is 0.426. The van der Waals surface area contributed by atoms with Crippen molar-refractivity contribution in [2.24, 2.45) is 7.05 Å². The first-order valence-electron chi connectivity index (χ1n) is 3.95. The molecule has 0 fully saturated rings. The number of fused-ring (bicyclic) bond motifs is 1. The van der Waals surface area contributed by atoms with Crippen molar-refractivity contribution in [3.05, 3.63) is 24.5 Å². The molecule has 0 saturated heterocycles. The second-order valence-corrected chi connectivity index (χ2v) is 2.98. The van der Waals surface area contributed by atoms with Crippen molar-refractivity contribution in [2.45, 2.75) is 0 Å². The highest BCUT2D eigenvalue weighted by Gasteiger charge is 2.11. The molecule has 66 valence electrons. The average molecular weight is 176 g/mol. The predicted molar refractivity (Wildman–Crippen MR) is 50.5 cm³/mol. The van der Waals surface area contributed by atoms with Crippen molar-refractivity contribution in [2.75, 3.05) is 0 Å². The van der Waals surface area contributed by atoms with E-state index < -0.39 is 7.12 Å². The van der Waals surface area contributed by atoms with Crippen LogP contribution in [0.25, 0.3) is 11.0 Å². The highest BCUT2D eigenvalue weighted by Crippen LogP contribution is 2.08. The van der Waals surface area contributed by atoms with E-state index in [1.54, 1.807) is 24.5 Å². The number of aryl methyl sites for hydroxylation is 1. The van der Waals surface area contributed by atoms with Crippen LogP contribution in [0.3, 0.4) is 0 Å². The average Bonchev–Trinajstić information content (AvgIpc) is 2.47. The summed E-state index contributed by atoms with van der Waals surface area (Å²) in [6.07, 6.45) is 1.69. The van der Waals surface area contributed by atoms with E-state index >= 15 is 0 Å². The highest BCUT2D eigenvalue weighted by molar-refractivity contribution is 6.58. The van der Waals surface area contributed by atoms with Gasteiger partial charge in [-0.3, -0.25) is 0 Å². The number of benzene rings is 1. The van der Waals surface area contributed by atoms with Gasteiger partial charge in [0.15, 0.2) is 0 Å². The van der Waals surface area contributed by atoms with Crippen LogP contribution in [-0.4, -0.2) is 26.7 Å². The molecule has 0 amide bonds. The molecule has 2 rings (SSSR count). The van der Waals surface area contributed by atoms with E-state index in [0.29, 0.717) is 5.46 Å². The van der Waals surface area contributed by atoms with Gasteiger partial charge < -0.3 is 14.6 Å². The summed E-state index contributed by atoms with van der Waals surface area (Å²) in [5, 5.41) is 17.9. The Labute approximate surface area is 75.6 Å². The Bertz CT molecular complexity index is 439. The van der Waals surface area contributed by atoms with Crippen molar-refractivity contribution >= 4 is 23.6 Å². The fraction of sp³-hybridized carbons (Fsp3) is 0.125. The molecule has 2 N–H and O–H groups in total. The third-order valence-electron chi connectivity index (χ3n) is 2.05. The summed E-state index contributed by atoms with van der Waals surface area (Å²) in [4.78, 5) is 4.12. The minimum absolute atomic E-state index is 0.483. The molecule has 0 aliphatic heterocycles. The molecule has 0 aliphatic rings. The topological polar surface area (TPSA) is 58.3 Å². The molecule has 0 atom stereocenters. The zero-order valence-corrected chi connectivity index (χ0v) is 7.18. The monoisotopic (exact) mass is 176 g/mol. The van der Waals surface area contributed by atoms with Gasteiger partial charge in [-0.25, -0.2) is 4.98 Å². The minimum atomic E-state index is -1.42. The molecule has 1 aromatic heterocycles. The SMILES string of the molecule is Cn1cnc2ccc(B(O)O)cc21. The van der Waals surface area contributed by atoms with Crippen molar-refractivity contribution in [3.8, 4) is 0 Å². The molecule has 0 saturated carbocycles. The van der Waals surface area contributed by atoms with Crippen LogP contribution in [0.1, 0.15) is 0 Å². The molecule has 0 aliphatic carbocycles. The van der Waals surface area contributed by atoms with E-state index in [1.807, 2.05) is 11.6 Å². The van der Waals surface area contributed by atoms with E-state index in [2.05, 4.69) is 4.98 Å². The maximum atomic E-state index is 8.94. The smallest absolute Gasteiger partial charge is 0.423 e. The Morgan fingerprint density at radius 3 is 2.85 bits per heavy atom. The summed E-state index contributed by atoms with van der Waals surface area (Å²) in [6, 6.07) is 5.14. The van der Waals surface area contributed by atoms with E-state index in [0.717, 1.165) is 11.0 Å². The fourth-order valence-corrected chi connectivity index (χ4v) is 1.30. The quantitative estimate of drug-likeness (QED) is 0.562. The Balaban J connectivity index is 2.66. The fourth-order valence-electron chi connectivity index (χ4n) is 1.30. The highest BCUT2D eigenvalue weighted by atomic mass is 16.4. The van der Waals surface area contributed by atoms with Crippen molar-refractivity contribution in [1.29, 1.82) is 0 Å². The van der Waals surface area contributed by atoms with Gasteiger partial charge in [0.25, 0.3) is 0 Å². The van der Waals surface area contributed by atoms with Crippen LogP contribution in [0, 0.1) is 0 Å². The number of hydrogen-bond donors (Lipinski definition) is 2. The largest absolute Gasteiger partial charge is 0.488 e. The molecule has 2 aromatic rings. The molecule has 0 spiro atoms. The number of aromatic nitrogens is 2. The second-order valence-electron chi connectivity index (χ2n) is 2.98. The Hall–Kier alpha value is -1.33. The van der Waals surface area contributed by atoms with Crippen LogP contribution < -0.4 is 5.46 Å². The first-order valence-corrected chi connectivity index (χ1v) is 3.95. The van der Waals surface area contributed by atoms with Crippen LogP contribution in [0.4, 0.5) is 0 Å². The van der Waals surface area contributed by atoms with Gasteiger partial charge in [-0.1, -0.05) is 6.07 Å². The lowest BCUT2D eigenvalue weighted by Crippen LogP contribution is -2.29. The van der Waals surface area contributed by atoms with Crippen LogP contribution in [0.5, 0.6) is 0 Å². The molecule has 0 radical (unpaired) electrons. The summed E-state index contributed by atoms with van der Waals surface area (Å²) in [5.74, 6) is 0. The number of rotatable bonds is 1. The van der Waals surface area contributed by atoms with Crippen LogP contribution >= 0.6 is 0 Å². The van der Waals surface area contributed by atoms with Crippen molar-refractivity contribution in [3.63, 3.8) is 0 Å². The van der Waals surface area contributed by atoms with Crippen molar-refractivity contribution in [1.82, 2.24) is 9.55 Å². The van der Waals surface area contributed by atoms with Gasteiger partial charge in [-0.15, -0.1) is 0 Å². The number of imidazole rings is 1. The zero-order chi connectivity index (χ0) is 9.42. The Morgan fingerprint density at radius 2 is 2.15 bits per heavy atom. The summed E-state index contributed by atoms with van der Waals surface area (Å²) < 4.78 is 1.83. The van der Waals surface area contributed by atoms with Gasteiger partial charge in [0, 0.05) is 7.05 Å². The second kappa shape index (κ2) is 2.87. The lowest BCUT2D eigenvalue weighted by Gasteiger charge is -1.99. The summed E-state index contributed by atoms with van der Waals surface area (Å²) in [6.45, 7) is 0. The van der Waals surface area contributed by atoms with E-state index in [4.69, 9.17) is 10.0 Å². The lowest BCUT2D eigenvalue weighted by atomic mass is 9.80. The maximum absolute atomic E-state index is 8.94. The number of nitrogens with zero attached hydrogens (tertiary/aromatic N) is 2. The Morgan fingerprint density at radius 1 is 1.38 bits per heavy atom. The molecular weight excluding hydrogens is 167 g/mol. The molecule has 0 unspecified atom stereocenters. The summed E-state index contributed by atoms with van der Waals surface area (Å²) in [7, 11) is 0.447. The first-order chi connectivity index (χ1) is 6.18. The molecule has 5 heteroatoms. The first kappa shape index (κ1) is 8.28. The van der Waals surface area contributed by atoms with Gasteiger partial charge in [0.05, 0.1) is 17.4 Å². The standard InChI is InChI=1S/C8H9BN2O2/c1-11-5-10-7-3-2-6(9(12)13)4-8(7)11/h2-5,12-13H,1H3. The zero-order valence-electron chi connectivity index (χ0n) is 7.18. The summed E-state index contributed by atoms with van der Waals surface area (Å²) in [5.41, 5.74) is 2.23. The van der Waals surface area contributed by atoms with Crippen LogP contribution in [0.2, 0.25) is 0 Å². The third kappa shape index (κ3) is 1.32. The molecule has 4 nitrogen and oxygen atoms in total. The molecule has 0 bridgehead atoms. The van der Waals surface area contributed by atoms with Crippen LogP contribution in [0.15, 0.2) is 24.5 Å².